The smallest absolute Gasteiger partial charge is 0.239 e. The quantitative estimate of drug-likeness (QED) is 0.747. The third-order valence-corrected chi connectivity index (χ3v) is 4.34. The summed E-state index contributed by atoms with van der Waals surface area (Å²) >= 11 is 5.54. The number of thiocarbonyl (C=S) groups is 1. The van der Waals surface area contributed by atoms with Crippen molar-refractivity contribution in [1.29, 1.82) is 0 Å². The molecule has 1 aromatic carbocycles. The molecule has 3 rings (SSSR count). The SMILES string of the molecule is O=C(CNC(=S)N(Cc1ccccc1)Cc1cccnc1)NC1CC1. The summed E-state index contributed by atoms with van der Waals surface area (Å²) in [4.78, 5) is 18.1. The van der Waals surface area contributed by atoms with Gasteiger partial charge in [-0.05, 0) is 42.3 Å². The maximum atomic E-state index is 11.9. The normalized spacial score (nSPS) is 13.1. The molecule has 1 fully saturated rings. The van der Waals surface area contributed by atoms with Crippen molar-refractivity contribution in [2.75, 3.05) is 6.54 Å². The lowest BCUT2D eigenvalue weighted by molar-refractivity contribution is -0.120. The van der Waals surface area contributed by atoms with E-state index in [4.69, 9.17) is 12.2 Å². The zero-order valence-electron chi connectivity index (χ0n) is 14.0. The Kier molecular flexibility index (Phi) is 5.95. The van der Waals surface area contributed by atoms with Crippen molar-refractivity contribution in [2.24, 2.45) is 0 Å². The second-order valence-corrected chi connectivity index (χ2v) is 6.59. The summed E-state index contributed by atoms with van der Waals surface area (Å²) in [5, 5.41) is 6.61. The topological polar surface area (TPSA) is 57.3 Å². The first-order chi connectivity index (χ1) is 12.2. The molecule has 0 aliphatic heterocycles. The molecule has 0 unspecified atom stereocenters. The van der Waals surface area contributed by atoms with E-state index in [0.717, 1.165) is 24.0 Å². The molecule has 1 aliphatic rings. The van der Waals surface area contributed by atoms with E-state index in [1.807, 2.05) is 41.4 Å². The second-order valence-electron chi connectivity index (χ2n) is 6.20. The third-order valence-electron chi connectivity index (χ3n) is 3.94. The highest BCUT2D eigenvalue weighted by Gasteiger charge is 2.23. The number of nitrogens with zero attached hydrogens (tertiary/aromatic N) is 2. The number of carbonyl (C=O) groups is 1. The first-order valence-electron chi connectivity index (χ1n) is 8.45. The standard InChI is InChI=1S/C19H22N4OS/c24-18(22-17-8-9-17)12-21-19(25)23(13-15-5-2-1-3-6-15)14-16-7-4-10-20-11-16/h1-7,10-11,17H,8-9,12-14H2,(H,21,25)(H,22,24). The average Bonchev–Trinajstić information content (AvgIpc) is 3.45. The Morgan fingerprint density at radius 1 is 1.12 bits per heavy atom. The number of carbonyl (C=O) groups excluding carboxylic acids is 1. The van der Waals surface area contributed by atoms with Gasteiger partial charge < -0.3 is 15.5 Å². The van der Waals surface area contributed by atoms with Crippen LogP contribution in [0.1, 0.15) is 24.0 Å². The molecule has 130 valence electrons. The molecule has 1 heterocycles. The van der Waals surface area contributed by atoms with Gasteiger partial charge in [-0.3, -0.25) is 9.78 Å². The third kappa shape index (κ3) is 5.83. The van der Waals surface area contributed by atoms with Gasteiger partial charge in [0.25, 0.3) is 0 Å². The number of aromatic nitrogens is 1. The van der Waals surface area contributed by atoms with Crippen LogP contribution in [0.4, 0.5) is 0 Å². The Morgan fingerprint density at radius 2 is 1.84 bits per heavy atom. The van der Waals surface area contributed by atoms with Gasteiger partial charge in [-0.1, -0.05) is 36.4 Å². The van der Waals surface area contributed by atoms with Crippen molar-refractivity contribution < 1.29 is 4.79 Å². The number of rotatable bonds is 7. The van der Waals surface area contributed by atoms with Gasteiger partial charge in [-0.25, -0.2) is 0 Å². The maximum Gasteiger partial charge on any atom is 0.239 e. The van der Waals surface area contributed by atoms with Crippen LogP contribution in [0.2, 0.25) is 0 Å². The van der Waals surface area contributed by atoms with E-state index >= 15 is 0 Å². The fraction of sp³-hybridized carbons (Fsp3) is 0.316. The summed E-state index contributed by atoms with van der Waals surface area (Å²) in [5.41, 5.74) is 2.24. The predicted molar refractivity (Wildman–Crippen MR) is 102 cm³/mol. The Morgan fingerprint density at radius 3 is 2.52 bits per heavy atom. The monoisotopic (exact) mass is 354 g/mol. The van der Waals surface area contributed by atoms with Crippen LogP contribution in [-0.2, 0) is 17.9 Å². The van der Waals surface area contributed by atoms with Crippen LogP contribution in [-0.4, -0.2) is 33.5 Å². The summed E-state index contributed by atoms with van der Waals surface area (Å²) in [7, 11) is 0. The zero-order chi connectivity index (χ0) is 17.5. The van der Waals surface area contributed by atoms with Gasteiger partial charge in [0.2, 0.25) is 5.91 Å². The van der Waals surface area contributed by atoms with Gasteiger partial charge >= 0.3 is 0 Å². The largest absolute Gasteiger partial charge is 0.353 e. The Labute approximate surface area is 153 Å². The van der Waals surface area contributed by atoms with Crippen molar-refractivity contribution in [1.82, 2.24) is 20.5 Å². The lowest BCUT2D eigenvalue weighted by Gasteiger charge is -2.26. The van der Waals surface area contributed by atoms with Crippen molar-refractivity contribution in [3.8, 4) is 0 Å². The number of pyridine rings is 1. The van der Waals surface area contributed by atoms with Crippen molar-refractivity contribution in [3.63, 3.8) is 0 Å². The highest BCUT2D eigenvalue weighted by molar-refractivity contribution is 7.80. The summed E-state index contributed by atoms with van der Waals surface area (Å²) < 4.78 is 0. The van der Waals surface area contributed by atoms with Crippen molar-refractivity contribution in [2.45, 2.75) is 32.0 Å². The fourth-order valence-electron chi connectivity index (χ4n) is 2.49. The van der Waals surface area contributed by atoms with Crippen LogP contribution in [0.15, 0.2) is 54.9 Å². The van der Waals surface area contributed by atoms with Gasteiger partial charge in [-0.2, -0.15) is 0 Å². The van der Waals surface area contributed by atoms with Crippen LogP contribution in [0.3, 0.4) is 0 Å². The first-order valence-corrected chi connectivity index (χ1v) is 8.86. The molecule has 1 saturated carbocycles. The number of nitrogens with one attached hydrogen (secondary N) is 2. The minimum Gasteiger partial charge on any atom is -0.353 e. The zero-order valence-corrected chi connectivity index (χ0v) is 14.8. The lowest BCUT2D eigenvalue weighted by atomic mass is 10.2. The molecule has 1 aliphatic carbocycles. The highest BCUT2D eigenvalue weighted by atomic mass is 32.1. The van der Waals surface area contributed by atoms with Crippen molar-refractivity contribution >= 4 is 23.2 Å². The van der Waals surface area contributed by atoms with Crippen LogP contribution < -0.4 is 10.6 Å². The van der Waals surface area contributed by atoms with Crippen LogP contribution in [0, 0.1) is 0 Å². The molecule has 0 saturated heterocycles. The minimum atomic E-state index is -0.00844. The van der Waals surface area contributed by atoms with E-state index in [1.54, 1.807) is 6.20 Å². The molecule has 0 spiro atoms. The Balaban J connectivity index is 1.61. The van der Waals surface area contributed by atoms with Gasteiger partial charge in [0.15, 0.2) is 5.11 Å². The van der Waals surface area contributed by atoms with E-state index in [9.17, 15) is 4.79 Å². The first kappa shape index (κ1) is 17.4. The lowest BCUT2D eigenvalue weighted by Crippen LogP contribution is -2.44. The molecule has 5 nitrogen and oxygen atoms in total. The van der Waals surface area contributed by atoms with E-state index in [0.29, 0.717) is 24.2 Å². The second kappa shape index (κ2) is 8.58. The highest BCUT2D eigenvalue weighted by Crippen LogP contribution is 2.18. The van der Waals surface area contributed by atoms with Gasteiger partial charge in [-0.15, -0.1) is 0 Å². The average molecular weight is 354 g/mol. The molecule has 0 radical (unpaired) electrons. The molecule has 2 aromatic rings. The molecule has 1 amide bonds. The number of hydrogen-bond acceptors (Lipinski definition) is 3. The van der Waals surface area contributed by atoms with E-state index in [1.165, 1.54) is 0 Å². The van der Waals surface area contributed by atoms with Crippen molar-refractivity contribution in [3.05, 3.63) is 66.0 Å². The summed E-state index contributed by atoms with van der Waals surface area (Å²) in [6.07, 6.45) is 5.75. The molecule has 6 heteroatoms. The van der Waals surface area contributed by atoms with Crippen LogP contribution in [0.25, 0.3) is 0 Å². The summed E-state index contributed by atoms with van der Waals surface area (Å²) in [6.45, 7) is 1.51. The molecule has 0 atom stereocenters. The molecular weight excluding hydrogens is 332 g/mol. The maximum absolute atomic E-state index is 11.9. The van der Waals surface area contributed by atoms with E-state index in [-0.39, 0.29) is 12.5 Å². The molecular formula is C19H22N4OS. The minimum absolute atomic E-state index is 0.00844. The number of hydrogen-bond donors (Lipinski definition) is 2. The summed E-state index contributed by atoms with van der Waals surface area (Å²) in [5.74, 6) is -0.00844. The summed E-state index contributed by atoms with van der Waals surface area (Å²) in [6, 6.07) is 14.4. The van der Waals surface area contributed by atoms with E-state index in [2.05, 4.69) is 27.8 Å². The van der Waals surface area contributed by atoms with Gasteiger partial charge in [0, 0.05) is 31.5 Å². The number of amides is 1. The van der Waals surface area contributed by atoms with Crippen LogP contribution in [0.5, 0.6) is 0 Å². The molecule has 0 bridgehead atoms. The Bertz CT molecular complexity index is 662. The van der Waals surface area contributed by atoms with E-state index < -0.39 is 0 Å². The molecule has 25 heavy (non-hydrogen) atoms. The van der Waals surface area contributed by atoms with Gasteiger partial charge in [0.1, 0.15) is 0 Å². The number of benzene rings is 1. The molecule has 1 aromatic heterocycles. The Hall–Kier alpha value is -2.47. The molecule has 2 N–H and O–H groups in total. The fourth-order valence-corrected chi connectivity index (χ4v) is 2.69. The van der Waals surface area contributed by atoms with Crippen LogP contribution >= 0.6 is 12.2 Å². The van der Waals surface area contributed by atoms with Gasteiger partial charge in [0.05, 0.1) is 6.54 Å². The predicted octanol–water partition coefficient (Wildman–Crippen LogP) is 2.24.